The Labute approximate surface area is 299 Å². The lowest BCUT2D eigenvalue weighted by Gasteiger charge is -2.50. The Bertz CT molecular complexity index is 497. The summed E-state index contributed by atoms with van der Waals surface area (Å²) in [6, 6.07) is 0. The molecule has 0 amide bonds. The third-order valence-corrected chi connectivity index (χ3v) is 14.4. The van der Waals surface area contributed by atoms with Crippen molar-refractivity contribution in [3.8, 4) is 0 Å². The molecule has 0 spiro atoms. The summed E-state index contributed by atoms with van der Waals surface area (Å²) in [5.74, 6) is 3.52. The standard InChI is InChI=1S/C41H84OS3/c1-7-13-16-19-22-25-28-31-34-38(43-10-4)41(37-42,39(44-11-5)35-32-29-26-23-20-17-14-8-2)40(45-12-6)36-33-30-27-24-21-18-15-9-3/h38-40,42H,7-37H2,1-6H3. The number of aliphatic hydroxyl groups is 1. The van der Waals surface area contributed by atoms with E-state index in [4.69, 9.17) is 0 Å². The first-order chi connectivity index (χ1) is 22.1. The van der Waals surface area contributed by atoms with Gasteiger partial charge in [0.25, 0.3) is 0 Å². The minimum atomic E-state index is 0.0193. The second-order valence-corrected chi connectivity index (χ2v) is 18.3. The molecule has 0 rings (SSSR count). The molecule has 272 valence electrons. The van der Waals surface area contributed by atoms with Gasteiger partial charge >= 0.3 is 0 Å². The van der Waals surface area contributed by atoms with E-state index in [1.54, 1.807) is 0 Å². The lowest BCUT2D eigenvalue weighted by atomic mass is 9.73. The minimum Gasteiger partial charge on any atom is -0.396 e. The highest BCUT2D eigenvalue weighted by Gasteiger charge is 2.50. The Hall–Kier alpha value is 1.01. The van der Waals surface area contributed by atoms with Gasteiger partial charge in [-0.15, -0.1) is 0 Å². The molecule has 0 aliphatic carbocycles. The molecule has 45 heavy (non-hydrogen) atoms. The molecule has 3 unspecified atom stereocenters. The number of unbranched alkanes of at least 4 members (excludes halogenated alkanes) is 21. The topological polar surface area (TPSA) is 20.2 Å². The van der Waals surface area contributed by atoms with Crippen LogP contribution < -0.4 is 0 Å². The van der Waals surface area contributed by atoms with Crippen molar-refractivity contribution in [2.24, 2.45) is 5.41 Å². The maximum Gasteiger partial charge on any atom is 0.0519 e. The zero-order valence-electron chi connectivity index (χ0n) is 31.8. The molecule has 0 aromatic heterocycles. The van der Waals surface area contributed by atoms with Gasteiger partial charge < -0.3 is 5.11 Å². The van der Waals surface area contributed by atoms with Gasteiger partial charge in [-0.3, -0.25) is 0 Å². The van der Waals surface area contributed by atoms with E-state index in [1.807, 2.05) is 0 Å². The van der Waals surface area contributed by atoms with Crippen molar-refractivity contribution < 1.29 is 5.11 Å². The van der Waals surface area contributed by atoms with Crippen LogP contribution in [0.3, 0.4) is 0 Å². The molecule has 0 fully saturated rings. The minimum absolute atomic E-state index is 0.0193. The lowest BCUT2D eigenvalue weighted by Crippen LogP contribution is -2.53. The summed E-state index contributed by atoms with van der Waals surface area (Å²) in [4.78, 5) is 0. The molecule has 4 heteroatoms. The van der Waals surface area contributed by atoms with E-state index in [0.717, 1.165) is 0 Å². The molecule has 3 atom stereocenters. The lowest BCUT2D eigenvalue weighted by molar-refractivity contribution is 0.104. The predicted octanol–water partition coefficient (Wildman–Crippen LogP) is 14.9. The van der Waals surface area contributed by atoms with Crippen LogP contribution in [-0.4, -0.2) is 44.7 Å². The summed E-state index contributed by atoms with van der Waals surface area (Å²) in [7, 11) is 0. The highest BCUT2D eigenvalue weighted by atomic mass is 32.2. The van der Waals surface area contributed by atoms with Crippen LogP contribution >= 0.6 is 35.3 Å². The molecule has 0 heterocycles. The van der Waals surface area contributed by atoms with E-state index in [1.165, 1.54) is 191 Å². The van der Waals surface area contributed by atoms with Crippen LogP contribution in [0.4, 0.5) is 0 Å². The van der Waals surface area contributed by atoms with E-state index in [9.17, 15) is 5.11 Å². The van der Waals surface area contributed by atoms with Gasteiger partial charge in [0.1, 0.15) is 0 Å². The van der Waals surface area contributed by atoms with Crippen LogP contribution in [0.25, 0.3) is 0 Å². The van der Waals surface area contributed by atoms with Crippen LogP contribution in [0.5, 0.6) is 0 Å². The third kappa shape index (κ3) is 22.4. The van der Waals surface area contributed by atoms with Crippen LogP contribution in [0.1, 0.15) is 215 Å². The molecule has 0 aliphatic heterocycles. The van der Waals surface area contributed by atoms with Gasteiger partial charge in [-0.1, -0.05) is 196 Å². The zero-order chi connectivity index (χ0) is 33.3. The Morgan fingerprint density at radius 1 is 0.356 bits per heavy atom. The van der Waals surface area contributed by atoms with Crippen LogP contribution in [0.2, 0.25) is 0 Å². The van der Waals surface area contributed by atoms with Crippen molar-refractivity contribution in [2.45, 2.75) is 231 Å². The monoisotopic (exact) mass is 689 g/mol. The summed E-state index contributed by atoms with van der Waals surface area (Å²) in [6.07, 6.45) is 37.2. The van der Waals surface area contributed by atoms with Gasteiger partial charge in [0.15, 0.2) is 0 Å². The van der Waals surface area contributed by atoms with Gasteiger partial charge in [-0.2, -0.15) is 35.3 Å². The summed E-state index contributed by atoms with van der Waals surface area (Å²) in [6.45, 7) is 14.4. The van der Waals surface area contributed by atoms with E-state index in [2.05, 4.69) is 76.8 Å². The summed E-state index contributed by atoms with van der Waals surface area (Å²) >= 11 is 6.64. The number of hydrogen-bond acceptors (Lipinski definition) is 4. The van der Waals surface area contributed by atoms with E-state index < -0.39 is 0 Å². The largest absolute Gasteiger partial charge is 0.396 e. The molecule has 0 bridgehead atoms. The highest BCUT2D eigenvalue weighted by molar-refractivity contribution is 8.01. The first kappa shape index (κ1) is 46.0. The molecule has 0 radical (unpaired) electrons. The smallest absolute Gasteiger partial charge is 0.0519 e. The van der Waals surface area contributed by atoms with Crippen molar-refractivity contribution in [1.29, 1.82) is 0 Å². The van der Waals surface area contributed by atoms with E-state index in [0.29, 0.717) is 22.4 Å². The summed E-state index contributed by atoms with van der Waals surface area (Å²) < 4.78 is 0. The molecule has 0 aliphatic rings. The van der Waals surface area contributed by atoms with E-state index in [-0.39, 0.29) is 5.41 Å². The van der Waals surface area contributed by atoms with Crippen molar-refractivity contribution in [2.75, 3.05) is 23.9 Å². The fourth-order valence-electron chi connectivity index (χ4n) is 7.44. The maximum atomic E-state index is 11.7. The number of thioether (sulfide) groups is 3. The second-order valence-electron chi connectivity index (χ2n) is 13.9. The molecule has 0 saturated heterocycles. The van der Waals surface area contributed by atoms with Crippen LogP contribution in [0.15, 0.2) is 0 Å². The normalized spacial score (nSPS) is 15.3. The Kier molecular flexibility index (Phi) is 35.6. The second kappa shape index (κ2) is 34.9. The van der Waals surface area contributed by atoms with Crippen molar-refractivity contribution in [3.63, 3.8) is 0 Å². The van der Waals surface area contributed by atoms with Crippen LogP contribution in [-0.2, 0) is 0 Å². The fourth-order valence-corrected chi connectivity index (χ4v) is 12.0. The average molecular weight is 689 g/mol. The third-order valence-electron chi connectivity index (χ3n) is 10.1. The van der Waals surface area contributed by atoms with E-state index >= 15 is 0 Å². The molecule has 1 N–H and O–H groups in total. The first-order valence-corrected chi connectivity index (χ1v) is 23.7. The van der Waals surface area contributed by atoms with Crippen molar-refractivity contribution >= 4 is 35.3 Å². The van der Waals surface area contributed by atoms with Gasteiger partial charge in [0.05, 0.1) is 6.61 Å². The van der Waals surface area contributed by atoms with Crippen LogP contribution in [0, 0.1) is 5.41 Å². The summed E-state index contributed by atoms with van der Waals surface area (Å²) in [5, 5.41) is 13.4. The average Bonchev–Trinajstić information content (AvgIpc) is 3.05. The number of rotatable bonds is 37. The molecule has 0 saturated carbocycles. The summed E-state index contributed by atoms with van der Waals surface area (Å²) in [5.41, 5.74) is 0.0193. The maximum absolute atomic E-state index is 11.7. The molecular formula is C41H84OS3. The molecule has 1 nitrogen and oxygen atoms in total. The van der Waals surface area contributed by atoms with Gasteiger partial charge in [0, 0.05) is 21.2 Å². The number of aliphatic hydroxyl groups excluding tert-OH is 1. The predicted molar refractivity (Wildman–Crippen MR) is 217 cm³/mol. The highest BCUT2D eigenvalue weighted by Crippen LogP contribution is 2.52. The number of hydrogen-bond donors (Lipinski definition) is 1. The SMILES string of the molecule is CCCCCCCCCCC(SCC)C(CO)(C(CCCCCCCCCC)SCC)C(CCCCCCCCCC)SCC. The quantitative estimate of drug-likeness (QED) is 0.0655. The van der Waals surface area contributed by atoms with Gasteiger partial charge in [-0.25, -0.2) is 0 Å². The van der Waals surface area contributed by atoms with Crippen molar-refractivity contribution in [3.05, 3.63) is 0 Å². The first-order valence-electron chi connectivity index (χ1n) is 20.6. The zero-order valence-corrected chi connectivity index (χ0v) is 34.3. The molecule has 0 aromatic carbocycles. The fraction of sp³-hybridized carbons (Fsp3) is 1.00. The molecule has 0 aromatic rings. The van der Waals surface area contributed by atoms with Crippen molar-refractivity contribution in [1.82, 2.24) is 0 Å². The van der Waals surface area contributed by atoms with Gasteiger partial charge in [-0.05, 0) is 36.5 Å². The Balaban J connectivity index is 5.73. The van der Waals surface area contributed by atoms with Gasteiger partial charge in [0.2, 0.25) is 0 Å². The molecular weight excluding hydrogens is 605 g/mol. The Morgan fingerprint density at radius 3 is 0.778 bits per heavy atom. The Morgan fingerprint density at radius 2 is 0.578 bits per heavy atom.